The van der Waals surface area contributed by atoms with E-state index in [0.717, 1.165) is 31.4 Å². The largest absolute Gasteiger partial charge is 0.491 e. The van der Waals surface area contributed by atoms with Gasteiger partial charge in [-0.05, 0) is 18.9 Å². The Hall–Kier alpha value is -1.33. The predicted molar refractivity (Wildman–Crippen MR) is 97.5 cm³/mol. The van der Waals surface area contributed by atoms with Gasteiger partial charge in [0.15, 0.2) is 6.10 Å². The molecule has 2 unspecified atom stereocenters. The van der Waals surface area contributed by atoms with Crippen molar-refractivity contribution >= 4 is 17.3 Å². The maximum Gasteiger partial charge on any atom is 0.328 e. The molecule has 6 nitrogen and oxygen atoms in total. The van der Waals surface area contributed by atoms with E-state index >= 15 is 0 Å². The standard InChI is InChI=1S/C18H28ClN3O3/c1-3-5-8-24-16-12-15(22-7-10-23-13-18(22)19)17(11-14(16)21-20)25-9-6-4-2/h11-12,16,18H,3-10,13H2,1-2H3. The molecule has 0 spiro atoms. The van der Waals surface area contributed by atoms with Gasteiger partial charge < -0.3 is 24.6 Å². The van der Waals surface area contributed by atoms with Gasteiger partial charge in [-0.2, -0.15) is 4.79 Å². The molecule has 1 fully saturated rings. The van der Waals surface area contributed by atoms with E-state index in [1.807, 2.05) is 6.08 Å². The summed E-state index contributed by atoms with van der Waals surface area (Å²) in [7, 11) is 0. The van der Waals surface area contributed by atoms with Crippen LogP contribution in [-0.4, -0.2) is 60.0 Å². The summed E-state index contributed by atoms with van der Waals surface area (Å²) < 4.78 is 17.3. The van der Waals surface area contributed by atoms with E-state index in [1.54, 1.807) is 6.08 Å². The Balaban J connectivity index is 2.22. The highest BCUT2D eigenvalue weighted by Gasteiger charge is 2.34. The average Bonchev–Trinajstić information content (AvgIpc) is 2.63. The topological polar surface area (TPSA) is 67.3 Å². The normalized spacial score (nSPS) is 23.8. The fraction of sp³-hybridized carbons (Fsp3) is 0.722. The summed E-state index contributed by atoms with van der Waals surface area (Å²) in [4.78, 5) is 5.46. The summed E-state index contributed by atoms with van der Waals surface area (Å²) in [6.45, 7) is 7.20. The predicted octanol–water partition coefficient (Wildman–Crippen LogP) is 3.34. The van der Waals surface area contributed by atoms with Crippen LogP contribution in [0.3, 0.4) is 0 Å². The Bertz CT molecular complexity index is 544. The molecule has 1 saturated heterocycles. The van der Waals surface area contributed by atoms with Crippen LogP contribution in [0.15, 0.2) is 23.6 Å². The van der Waals surface area contributed by atoms with Crippen molar-refractivity contribution in [2.24, 2.45) is 0 Å². The molecule has 0 N–H and O–H groups in total. The van der Waals surface area contributed by atoms with Crippen molar-refractivity contribution in [1.82, 2.24) is 4.90 Å². The minimum atomic E-state index is -0.406. The number of morpholine rings is 1. The highest BCUT2D eigenvalue weighted by molar-refractivity contribution is 6.20. The van der Waals surface area contributed by atoms with Crippen LogP contribution < -0.4 is 0 Å². The first kappa shape index (κ1) is 20.0. The van der Waals surface area contributed by atoms with Crippen molar-refractivity contribution in [1.29, 1.82) is 0 Å². The van der Waals surface area contributed by atoms with Crippen LogP contribution in [0, 0.1) is 0 Å². The van der Waals surface area contributed by atoms with Crippen LogP contribution in [-0.2, 0) is 14.2 Å². The van der Waals surface area contributed by atoms with E-state index in [4.69, 9.17) is 25.8 Å². The molecule has 0 bridgehead atoms. The van der Waals surface area contributed by atoms with Gasteiger partial charge in [-0.25, -0.2) is 0 Å². The molecule has 2 atom stereocenters. The van der Waals surface area contributed by atoms with Crippen molar-refractivity contribution in [3.8, 4) is 0 Å². The van der Waals surface area contributed by atoms with E-state index in [9.17, 15) is 5.53 Å². The van der Waals surface area contributed by atoms with Gasteiger partial charge in [-0.3, -0.25) is 0 Å². The van der Waals surface area contributed by atoms with Gasteiger partial charge in [-0.15, -0.1) is 0 Å². The molecule has 7 heteroatoms. The Kier molecular flexibility index (Phi) is 8.49. The lowest BCUT2D eigenvalue weighted by Gasteiger charge is -2.37. The zero-order chi connectivity index (χ0) is 18.1. The first-order valence-electron chi connectivity index (χ1n) is 9.09. The molecule has 2 aliphatic rings. The number of rotatable bonds is 9. The maximum atomic E-state index is 9.37. The van der Waals surface area contributed by atoms with Crippen molar-refractivity contribution < 1.29 is 19.0 Å². The number of unbranched alkanes of at least 4 members (excludes halogenated alkanes) is 2. The van der Waals surface area contributed by atoms with E-state index in [2.05, 4.69) is 23.5 Å². The summed E-state index contributed by atoms with van der Waals surface area (Å²) in [5, 5.41) is 0. The number of halogens is 1. The van der Waals surface area contributed by atoms with Crippen LogP contribution in [0.2, 0.25) is 0 Å². The maximum absolute atomic E-state index is 9.37. The molecule has 2 rings (SSSR count). The summed E-state index contributed by atoms with van der Waals surface area (Å²) in [5.41, 5.74) is 10.4. The minimum Gasteiger partial charge on any atom is -0.491 e. The Labute approximate surface area is 155 Å². The molecule has 0 radical (unpaired) electrons. The molecule has 0 aromatic carbocycles. The summed E-state index contributed by atoms with van der Waals surface area (Å²) in [6.07, 6.45) is 7.29. The molecule has 0 aromatic rings. The van der Waals surface area contributed by atoms with Crippen molar-refractivity contribution in [3.05, 3.63) is 29.1 Å². The highest BCUT2D eigenvalue weighted by Crippen LogP contribution is 2.28. The van der Waals surface area contributed by atoms with E-state index in [1.165, 1.54) is 0 Å². The molecular formula is C18H28ClN3O3. The summed E-state index contributed by atoms with van der Waals surface area (Å²) in [6, 6.07) is 0. The molecule has 1 heterocycles. The third-order valence-electron chi connectivity index (χ3n) is 4.18. The minimum absolute atomic E-state index is 0.262. The van der Waals surface area contributed by atoms with Gasteiger partial charge in [0.05, 0.1) is 31.6 Å². The van der Waals surface area contributed by atoms with Gasteiger partial charge in [0.25, 0.3) is 0 Å². The third kappa shape index (κ3) is 5.58. The first-order chi connectivity index (χ1) is 12.2. The SMILES string of the molecule is CCCCOC1=CC(=[N+]=[N-])C(OCCCC)C=C1N1CCOCC1Cl. The molecule has 1 aliphatic heterocycles. The summed E-state index contributed by atoms with van der Waals surface area (Å²) in [5.74, 6) is 0.671. The molecule has 0 amide bonds. The quantitative estimate of drug-likeness (QED) is 0.205. The fourth-order valence-corrected chi connectivity index (χ4v) is 2.99. The highest BCUT2D eigenvalue weighted by atomic mass is 35.5. The molecule has 0 saturated carbocycles. The van der Waals surface area contributed by atoms with Crippen molar-refractivity contribution in [2.75, 3.05) is 33.0 Å². The number of nitrogens with zero attached hydrogens (tertiary/aromatic N) is 3. The van der Waals surface area contributed by atoms with Crippen LogP contribution in [0.5, 0.6) is 0 Å². The van der Waals surface area contributed by atoms with Crippen molar-refractivity contribution in [3.63, 3.8) is 0 Å². The zero-order valence-corrected chi connectivity index (χ0v) is 15.9. The monoisotopic (exact) mass is 369 g/mol. The number of hydrogen-bond donors (Lipinski definition) is 0. The number of alkyl halides is 1. The second kappa shape index (κ2) is 10.6. The lowest BCUT2D eigenvalue weighted by atomic mass is 10.0. The van der Waals surface area contributed by atoms with Gasteiger partial charge in [0.2, 0.25) is 0 Å². The molecular weight excluding hydrogens is 342 g/mol. The molecule has 140 valence electrons. The Morgan fingerprint density at radius 1 is 1.32 bits per heavy atom. The smallest absolute Gasteiger partial charge is 0.328 e. The van der Waals surface area contributed by atoms with E-state index < -0.39 is 6.10 Å². The number of ether oxygens (including phenoxy) is 3. The number of hydrogen-bond acceptors (Lipinski definition) is 4. The van der Waals surface area contributed by atoms with Gasteiger partial charge in [0.1, 0.15) is 11.3 Å². The van der Waals surface area contributed by atoms with Gasteiger partial charge in [-0.1, -0.05) is 38.3 Å². The van der Waals surface area contributed by atoms with E-state index in [0.29, 0.717) is 44.4 Å². The van der Waals surface area contributed by atoms with Crippen molar-refractivity contribution in [2.45, 2.75) is 51.1 Å². The second-order valence-corrected chi connectivity index (χ2v) is 6.64. The zero-order valence-electron chi connectivity index (χ0n) is 15.1. The lowest BCUT2D eigenvalue weighted by molar-refractivity contribution is -0.0243. The third-order valence-corrected chi connectivity index (χ3v) is 4.54. The fourth-order valence-electron chi connectivity index (χ4n) is 2.70. The second-order valence-electron chi connectivity index (χ2n) is 6.14. The van der Waals surface area contributed by atoms with Crippen LogP contribution in [0.25, 0.3) is 5.53 Å². The van der Waals surface area contributed by atoms with Gasteiger partial charge >= 0.3 is 5.71 Å². The Morgan fingerprint density at radius 3 is 2.76 bits per heavy atom. The van der Waals surface area contributed by atoms with Gasteiger partial charge in [0, 0.05) is 13.2 Å². The molecule has 1 aliphatic carbocycles. The van der Waals surface area contributed by atoms with E-state index in [-0.39, 0.29) is 5.50 Å². The Morgan fingerprint density at radius 2 is 2.08 bits per heavy atom. The molecule has 25 heavy (non-hydrogen) atoms. The lowest BCUT2D eigenvalue weighted by Crippen LogP contribution is -2.43. The molecule has 0 aromatic heterocycles. The van der Waals surface area contributed by atoms with Crippen LogP contribution in [0.1, 0.15) is 39.5 Å². The average molecular weight is 370 g/mol. The van der Waals surface area contributed by atoms with Crippen LogP contribution >= 0.6 is 11.6 Å². The summed E-state index contributed by atoms with van der Waals surface area (Å²) >= 11 is 6.44. The van der Waals surface area contributed by atoms with Crippen LogP contribution in [0.4, 0.5) is 0 Å². The first-order valence-corrected chi connectivity index (χ1v) is 9.53.